The van der Waals surface area contributed by atoms with Crippen LogP contribution in [-0.2, 0) is 25.7 Å². The quantitative estimate of drug-likeness (QED) is 0.461. The fourth-order valence-electron chi connectivity index (χ4n) is 2.95. The molecule has 1 amide bonds. The predicted molar refractivity (Wildman–Crippen MR) is 82.0 cm³/mol. The average molecular weight is 350 g/mol. The van der Waals surface area contributed by atoms with Crippen molar-refractivity contribution in [3.8, 4) is 0 Å². The number of piperazine rings is 1. The molecule has 0 spiro atoms. The van der Waals surface area contributed by atoms with Crippen molar-refractivity contribution in [1.29, 1.82) is 0 Å². The highest BCUT2D eigenvalue weighted by atomic mass is 19.2. The van der Waals surface area contributed by atoms with Crippen LogP contribution in [-0.4, -0.2) is 53.2 Å². The number of amides is 1. The molecule has 1 aromatic rings. The van der Waals surface area contributed by atoms with Crippen molar-refractivity contribution < 1.29 is 27.9 Å². The van der Waals surface area contributed by atoms with Crippen molar-refractivity contribution in [2.75, 3.05) is 19.7 Å². The van der Waals surface area contributed by atoms with Crippen LogP contribution in [0.25, 0.3) is 0 Å². The van der Waals surface area contributed by atoms with Crippen LogP contribution in [0.3, 0.4) is 0 Å². The number of hydrogen-bond donors (Lipinski definition) is 0. The molecule has 6 nitrogen and oxygen atoms in total. The van der Waals surface area contributed by atoms with Crippen molar-refractivity contribution >= 4 is 17.7 Å². The zero-order valence-corrected chi connectivity index (χ0v) is 13.5. The van der Waals surface area contributed by atoms with Gasteiger partial charge in [0.2, 0.25) is 5.78 Å². The summed E-state index contributed by atoms with van der Waals surface area (Å²) in [5.41, 5.74) is 0.277. The number of carbonyl (C=O) groups is 3. The average Bonchev–Trinajstić information content (AvgIpc) is 2.91. The zero-order valence-electron chi connectivity index (χ0n) is 13.5. The van der Waals surface area contributed by atoms with Gasteiger partial charge in [0.25, 0.3) is 5.91 Å². The second-order valence-corrected chi connectivity index (χ2v) is 5.78. The Kier molecular flexibility index (Phi) is 4.52. The first kappa shape index (κ1) is 17.1. The zero-order chi connectivity index (χ0) is 18.1. The van der Waals surface area contributed by atoms with Crippen LogP contribution in [0.5, 0.6) is 0 Å². The summed E-state index contributed by atoms with van der Waals surface area (Å²) in [6, 6.07) is 2.30. The summed E-state index contributed by atoms with van der Waals surface area (Å²) in [5, 5.41) is 0. The molecule has 2 aliphatic rings. The Morgan fingerprint density at radius 2 is 2.00 bits per heavy atom. The van der Waals surface area contributed by atoms with E-state index in [9.17, 15) is 23.2 Å². The van der Waals surface area contributed by atoms with Crippen molar-refractivity contribution in [1.82, 2.24) is 9.80 Å². The lowest BCUT2D eigenvalue weighted by molar-refractivity contribution is -0.144. The van der Waals surface area contributed by atoms with Crippen LogP contribution >= 0.6 is 0 Å². The highest BCUT2D eigenvalue weighted by Gasteiger charge is 2.46. The molecule has 0 aliphatic carbocycles. The van der Waals surface area contributed by atoms with E-state index >= 15 is 0 Å². The van der Waals surface area contributed by atoms with Crippen molar-refractivity contribution in [2.24, 2.45) is 0 Å². The van der Waals surface area contributed by atoms with E-state index in [0.29, 0.717) is 18.7 Å². The highest BCUT2D eigenvalue weighted by molar-refractivity contribution is 6.26. The summed E-state index contributed by atoms with van der Waals surface area (Å²) in [6.45, 7) is 2.47. The standard InChI is InChI=1S/C17H16F2N2O4/c1-2-25-17(24)11-9-20-5-6-21(16(23)14(20)15(11)22)8-10-3-4-12(18)13(19)7-10/h3-4,7,9,14H,2,5-6,8H2,1H3. The molecular formula is C17H16F2N2O4. The second kappa shape index (κ2) is 6.62. The van der Waals surface area contributed by atoms with Crippen LogP contribution in [0.1, 0.15) is 12.5 Å². The number of hydrogen-bond acceptors (Lipinski definition) is 5. The topological polar surface area (TPSA) is 66.9 Å². The molecule has 2 heterocycles. The van der Waals surface area contributed by atoms with Crippen LogP contribution in [0, 0.1) is 11.6 Å². The minimum Gasteiger partial charge on any atom is -0.462 e. The third-order valence-electron chi connectivity index (χ3n) is 4.17. The Morgan fingerprint density at radius 3 is 2.68 bits per heavy atom. The normalized spacial score (nSPS) is 19.8. The monoisotopic (exact) mass is 350 g/mol. The largest absolute Gasteiger partial charge is 0.462 e. The van der Waals surface area contributed by atoms with Gasteiger partial charge in [-0.15, -0.1) is 0 Å². The third kappa shape index (κ3) is 3.11. The summed E-state index contributed by atoms with van der Waals surface area (Å²) >= 11 is 0. The van der Waals surface area contributed by atoms with E-state index in [-0.39, 0.29) is 18.7 Å². The van der Waals surface area contributed by atoms with Gasteiger partial charge in [-0.2, -0.15) is 0 Å². The molecule has 3 rings (SSSR count). The third-order valence-corrected chi connectivity index (χ3v) is 4.17. The molecule has 0 N–H and O–H groups in total. The SMILES string of the molecule is CCOC(=O)C1=CN2CCN(Cc3ccc(F)c(F)c3)C(=O)C2C1=O. The van der Waals surface area contributed by atoms with E-state index in [2.05, 4.69) is 0 Å². The Labute approximate surface area is 142 Å². The van der Waals surface area contributed by atoms with Gasteiger partial charge >= 0.3 is 5.97 Å². The lowest BCUT2D eigenvalue weighted by Gasteiger charge is -2.36. The van der Waals surface area contributed by atoms with E-state index in [4.69, 9.17) is 4.74 Å². The Morgan fingerprint density at radius 1 is 1.24 bits per heavy atom. The first-order valence-electron chi connectivity index (χ1n) is 7.84. The molecule has 1 atom stereocenters. The second-order valence-electron chi connectivity index (χ2n) is 5.78. The Bertz CT molecular complexity index is 778. The van der Waals surface area contributed by atoms with E-state index in [0.717, 1.165) is 12.1 Å². The molecular weight excluding hydrogens is 334 g/mol. The number of benzene rings is 1. The summed E-state index contributed by atoms with van der Waals surface area (Å²) in [7, 11) is 0. The summed E-state index contributed by atoms with van der Waals surface area (Å²) in [4.78, 5) is 39.7. The summed E-state index contributed by atoms with van der Waals surface area (Å²) in [6.07, 6.45) is 1.36. The molecule has 132 valence electrons. The molecule has 0 radical (unpaired) electrons. The number of ketones is 1. The van der Waals surface area contributed by atoms with Gasteiger partial charge in [-0.25, -0.2) is 13.6 Å². The van der Waals surface area contributed by atoms with Crippen molar-refractivity contribution in [2.45, 2.75) is 19.5 Å². The van der Waals surface area contributed by atoms with Gasteiger partial charge in [0.15, 0.2) is 17.7 Å². The van der Waals surface area contributed by atoms with Crippen LogP contribution < -0.4 is 0 Å². The highest BCUT2D eigenvalue weighted by Crippen LogP contribution is 2.25. The number of fused-ring (bicyclic) bond motifs is 1. The molecule has 0 aromatic heterocycles. The van der Waals surface area contributed by atoms with Crippen molar-refractivity contribution in [3.05, 3.63) is 47.2 Å². The van der Waals surface area contributed by atoms with Crippen LogP contribution in [0.15, 0.2) is 30.0 Å². The molecule has 1 unspecified atom stereocenters. The number of halogens is 2. The fourth-order valence-corrected chi connectivity index (χ4v) is 2.95. The number of esters is 1. The van der Waals surface area contributed by atoms with Crippen molar-refractivity contribution in [3.63, 3.8) is 0 Å². The van der Waals surface area contributed by atoms with E-state index < -0.39 is 35.3 Å². The van der Waals surface area contributed by atoms with E-state index in [1.807, 2.05) is 0 Å². The van der Waals surface area contributed by atoms with Gasteiger partial charge in [-0.3, -0.25) is 9.59 Å². The predicted octanol–water partition coefficient (Wildman–Crippen LogP) is 1.01. The number of ether oxygens (including phenoxy) is 1. The lowest BCUT2D eigenvalue weighted by atomic mass is 10.0. The first-order valence-corrected chi connectivity index (χ1v) is 7.84. The Hall–Kier alpha value is -2.77. The number of nitrogens with zero attached hydrogens (tertiary/aromatic N) is 2. The summed E-state index contributed by atoms with van der Waals surface area (Å²) in [5.74, 6) is -3.78. The first-order chi connectivity index (χ1) is 11.9. The number of Topliss-reactive ketones (excluding diaryl/α,β-unsaturated/α-hetero) is 1. The summed E-state index contributed by atoms with van der Waals surface area (Å²) < 4.78 is 31.2. The maximum Gasteiger partial charge on any atom is 0.343 e. The van der Waals surface area contributed by atoms with Gasteiger partial charge in [0.05, 0.1) is 6.61 Å². The minimum absolute atomic E-state index is 0.0579. The molecule has 2 aliphatic heterocycles. The van der Waals surface area contributed by atoms with Crippen LogP contribution in [0.4, 0.5) is 8.78 Å². The molecule has 1 aromatic carbocycles. The maximum atomic E-state index is 13.3. The molecule has 1 saturated heterocycles. The molecule has 0 saturated carbocycles. The van der Waals surface area contributed by atoms with E-state index in [1.165, 1.54) is 22.1 Å². The van der Waals surface area contributed by atoms with E-state index in [1.54, 1.807) is 6.92 Å². The number of carbonyl (C=O) groups excluding carboxylic acids is 3. The molecule has 0 bridgehead atoms. The lowest BCUT2D eigenvalue weighted by Crippen LogP contribution is -2.55. The van der Waals surface area contributed by atoms with Gasteiger partial charge in [-0.05, 0) is 24.6 Å². The molecule has 25 heavy (non-hydrogen) atoms. The van der Waals surface area contributed by atoms with Gasteiger partial charge < -0.3 is 14.5 Å². The maximum absolute atomic E-state index is 13.3. The smallest absolute Gasteiger partial charge is 0.343 e. The Balaban J connectivity index is 1.74. The number of rotatable bonds is 4. The minimum atomic E-state index is -1.10. The van der Waals surface area contributed by atoms with Crippen LogP contribution in [0.2, 0.25) is 0 Å². The fraction of sp³-hybridized carbons (Fsp3) is 0.353. The van der Waals surface area contributed by atoms with Gasteiger partial charge in [0, 0.05) is 25.8 Å². The van der Waals surface area contributed by atoms with Gasteiger partial charge in [0.1, 0.15) is 5.57 Å². The molecule has 8 heteroatoms. The van der Waals surface area contributed by atoms with Gasteiger partial charge in [-0.1, -0.05) is 6.07 Å². The molecule has 1 fully saturated rings.